The Labute approximate surface area is 123 Å². The average Bonchev–Trinajstić information content (AvgIpc) is 2.53. The Morgan fingerprint density at radius 3 is 2.67 bits per heavy atom. The summed E-state index contributed by atoms with van der Waals surface area (Å²) in [5.74, 6) is 0.726. The average molecular weight is 289 g/mol. The smallest absolute Gasteiger partial charge is 0.256 e. The van der Waals surface area contributed by atoms with Gasteiger partial charge in [0, 0.05) is 24.8 Å². The number of aliphatic hydroxyl groups excluding tert-OH is 1. The molecule has 0 fully saturated rings. The number of ether oxygens (including phenoxy) is 2. The van der Waals surface area contributed by atoms with Crippen molar-refractivity contribution < 1.29 is 14.6 Å². The molecule has 0 amide bonds. The first-order valence-corrected chi connectivity index (χ1v) is 6.68. The van der Waals surface area contributed by atoms with Gasteiger partial charge in [-0.1, -0.05) is 12.1 Å². The lowest BCUT2D eigenvalue weighted by Gasteiger charge is -2.14. The second-order valence-corrected chi connectivity index (χ2v) is 4.58. The van der Waals surface area contributed by atoms with E-state index < -0.39 is 0 Å². The number of hydrogen-bond acceptors (Lipinski definition) is 4. The third-order valence-electron chi connectivity index (χ3n) is 3.31. The van der Waals surface area contributed by atoms with E-state index in [2.05, 4.69) is 0 Å². The van der Waals surface area contributed by atoms with Crippen molar-refractivity contribution in [1.29, 1.82) is 0 Å². The standard InChI is InChI=1S/C16H19NO4/c1-20-9-8-17-15(7-6-13(11-18)16(17)19)12-4-3-5-14(10-12)21-2/h3-7,10,18H,8-9,11H2,1-2H3. The summed E-state index contributed by atoms with van der Waals surface area (Å²) in [5, 5.41) is 9.25. The van der Waals surface area contributed by atoms with E-state index in [9.17, 15) is 9.90 Å². The van der Waals surface area contributed by atoms with Crippen LogP contribution in [0.1, 0.15) is 5.56 Å². The van der Waals surface area contributed by atoms with Crippen LogP contribution < -0.4 is 10.3 Å². The van der Waals surface area contributed by atoms with E-state index in [4.69, 9.17) is 9.47 Å². The summed E-state index contributed by atoms with van der Waals surface area (Å²) in [5.41, 5.74) is 1.83. The highest BCUT2D eigenvalue weighted by molar-refractivity contribution is 5.62. The number of aliphatic hydroxyl groups is 1. The maximum absolute atomic E-state index is 12.4. The Hall–Kier alpha value is -2.11. The largest absolute Gasteiger partial charge is 0.497 e. The van der Waals surface area contributed by atoms with E-state index in [0.29, 0.717) is 18.7 Å². The molecule has 0 saturated carbocycles. The number of aromatic nitrogens is 1. The van der Waals surface area contributed by atoms with Gasteiger partial charge in [0.25, 0.3) is 5.56 Å². The van der Waals surface area contributed by atoms with Gasteiger partial charge >= 0.3 is 0 Å². The molecule has 1 aromatic carbocycles. The zero-order valence-corrected chi connectivity index (χ0v) is 12.2. The van der Waals surface area contributed by atoms with Crippen molar-refractivity contribution in [2.75, 3.05) is 20.8 Å². The van der Waals surface area contributed by atoms with Crippen molar-refractivity contribution in [3.8, 4) is 17.0 Å². The van der Waals surface area contributed by atoms with Crippen LogP contribution in [0.25, 0.3) is 11.3 Å². The molecule has 0 unspecified atom stereocenters. The first-order valence-electron chi connectivity index (χ1n) is 6.68. The fourth-order valence-electron chi connectivity index (χ4n) is 2.18. The second kappa shape index (κ2) is 7.06. The van der Waals surface area contributed by atoms with Gasteiger partial charge in [0.05, 0.1) is 26.0 Å². The molecule has 2 aromatic rings. The van der Waals surface area contributed by atoms with Crippen LogP contribution >= 0.6 is 0 Å². The van der Waals surface area contributed by atoms with Crippen LogP contribution in [0.4, 0.5) is 0 Å². The van der Waals surface area contributed by atoms with Crippen molar-refractivity contribution in [1.82, 2.24) is 4.57 Å². The molecular formula is C16H19NO4. The Bertz CT molecular complexity index is 664. The Morgan fingerprint density at radius 1 is 1.19 bits per heavy atom. The highest BCUT2D eigenvalue weighted by atomic mass is 16.5. The summed E-state index contributed by atoms with van der Waals surface area (Å²) in [7, 11) is 3.19. The first-order chi connectivity index (χ1) is 10.2. The molecular weight excluding hydrogens is 270 g/mol. The highest BCUT2D eigenvalue weighted by Gasteiger charge is 2.10. The Kier molecular flexibility index (Phi) is 5.14. The summed E-state index contributed by atoms with van der Waals surface area (Å²) < 4.78 is 11.9. The third kappa shape index (κ3) is 3.32. The highest BCUT2D eigenvalue weighted by Crippen LogP contribution is 2.23. The van der Waals surface area contributed by atoms with Gasteiger partial charge in [-0.05, 0) is 24.3 Å². The molecule has 0 bridgehead atoms. The number of rotatable bonds is 6. The molecule has 0 spiro atoms. The fraction of sp³-hybridized carbons (Fsp3) is 0.312. The number of benzene rings is 1. The van der Waals surface area contributed by atoms with E-state index in [1.54, 1.807) is 24.9 Å². The van der Waals surface area contributed by atoms with Gasteiger partial charge in [-0.3, -0.25) is 4.79 Å². The van der Waals surface area contributed by atoms with Gasteiger partial charge in [-0.25, -0.2) is 0 Å². The van der Waals surface area contributed by atoms with Crippen LogP contribution in [-0.2, 0) is 17.9 Å². The van der Waals surface area contributed by atoms with Crippen LogP contribution in [0, 0.1) is 0 Å². The summed E-state index contributed by atoms with van der Waals surface area (Å²) in [4.78, 5) is 12.4. The lowest BCUT2D eigenvalue weighted by Crippen LogP contribution is -2.26. The molecule has 0 aliphatic heterocycles. The topological polar surface area (TPSA) is 60.7 Å². The van der Waals surface area contributed by atoms with E-state index in [-0.39, 0.29) is 12.2 Å². The van der Waals surface area contributed by atoms with Gasteiger partial charge < -0.3 is 19.1 Å². The van der Waals surface area contributed by atoms with Crippen molar-refractivity contribution in [3.63, 3.8) is 0 Å². The van der Waals surface area contributed by atoms with Crippen molar-refractivity contribution >= 4 is 0 Å². The van der Waals surface area contributed by atoms with Gasteiger partial charge in [-0.2, -0.15) is 0 Å². The van der Waals surface area contributed by atoms with Gasteiger partial charge in [0.15, 0.2) is 0 Å². The fourth-order valence-corrected chi connectivity index (χ4v) is 2.18. The summed E-state index contributed by atoms with van der Waals surface area (Å²) in [6, 6.07) is 11.0. The molecule has 1 aromatic heterocycles. The molecule has 5 heteroatoms. The van der Waals surface area contributed by atoms with Crippen LogP contribution in [0.15, 0.2) is 41.2 Å². The first kappa shape index (κ1) is 15.3. The molecule has 1 heterocycles. The molecule has 0 radical (unpaired) electrons. The summed E-state index contributed by atoms with van der Waals surface area (Å²) in [6.45, 7) is 0.575. The van der Waals surface area contributed by atoms with E-state index in [1.807, 2.05) is 30.3 Å². The predicted octanol–water partition coefficient (Wildman–Crippen LogP) is 1.66. The Morgan fingerprint density at radius 2 is 2.00 bits per heavy atom. The van der Waals surface area contributed by atoms with Crippen LogP contribution in [-0.4, -0.2) is 30.5 Å². The summed E-state index contributed by atoms with van der Waals surface area (Å²) in [6.07, 6.45) is 0. The van der Waals surface area contributed by atoms with Crippen molar-refractivity contribution in [2.45, 2.75) is 13.2 Å². The number of pyridine rings is 1. The minimum atomic E-state index is -0.274. The molecule has 112 valence electrons. The number of methoxy groups -OCH3 is 2. The summed E-state index contributed by atoms with van der Waals surface area (Å²) >= 11 is 0. The quantitative estimate of drug-likeness (QED) is 0.878. The van der Waals surface area contributed by atoms with Crippen molar-refractivity contribution in [2.24, 2.45) is 0 Å². The zero-order chi connectivity index (χ0) is 15.2. The molecule has 5 nitrogen and oxygen atoms in total. The third-order valence-corrected chi connectivity index (χ3v) is 3.31. The van der Waals surface area contributed by atoms with Crippen molar-refractivity contribution in [3.05, 3.63) is 52.3 Å². The number of hydrogen-bond donors (Lipinski definition) is 1. The molecule has 21 heavy (non-hydrogen) atoms. The normalized spacial score (nSPS) is 10.6. The SMILES string of the molecule is COCCn1c(-c2cccc(OC)c2)ccc(CO)c1=O. The molecule has 0 aliphatic carbocycles. The van der Waals surface area contributed by atoms with Gasteiger partial charge in [-0.15, -0.1) is 0 Å². The van der Waals surface area contributed by atoms with Crippen LogP contribution in [0.5, 0.6) is 5.75 Å². The van der Waals surface area contributed by atoms with E-state index in [1.165, 1.54) is 0 Å². The Balaban J connectivity index is 2.55. The maximum atomic E-state index is 12.4. The van der Waals surface area contributed by atoms with E-state index >= 15 is 0 Å². The molecule has 1 N–H and O–H groups in total. The van der Waals surface area contributed by atoms with E-state index in [0.717, 1.165) is 17.0 Å². The number of nitrogens with zero attached hydrogens (tertiary/aromatic N) is 1. The van der Waals surface area contributed by atoms with Gasteiger partial charge in [0.2, 0.25) is 0 Å². The molecule has 0 saturated heterocycles. The minimum absolute atomic E-state index is 0.199. The van der Waals surface area contributed by atoms with Crippen LogP contribution in [0.3, 0.4) is 0 Å². The van der Waals surface area contributed by atoms with Crippen LogP contribution in [0.2, 0.25) is 0 Å². The minimum Gasteiger partial charge on any atom is -0.497 e. The lowest BCUT2D eigenvalue weighted by molar-refractivity contribution is 0.186. The predicted molar refractivity (Wildman–Crippen MR) is 80.5 cm³/mol. The monoisotopic (exact) mass is 289 g/mol. The van der Waals surface area contributed by atoms with Gasteiger partial charge in [0.1, 0.15) is 5.75 Å². The lowest BCUT2D eigenvalue weighted by atomic mass is 10.1. The molecule has 0 atom stereocenters. The second-order valence-electron chi connectivity index (χ2n) is 4.58. The molecule has 0 aliphatic rings. The molecule has 2 rings (SSSR count). The zero-order valence-electron chi connectivity index (χ0n) is 12.2. The maximum Gasteiger partial charge on any atom is 0.256 e.